The van der Waals surface area contributed by atoms with Crippen molar-refractivity contribution in [3.05, 3.63) is 64.1 Å². The second-order valence-electron chi connectivity index (χ2n) is 5.12. The first-order valence-corrected chi connectivity index (χ1v) is 6.77. The number of rotatable bonds is 1. The minimum Gasteiger partial charge on any atom is -0.318 e. The Labute approximate surface area is 117 Å². The fraction of sp³-hybridized carbons (Fsp3) is 0.250. The maximum absolute atomic E-state index is 12.7. The summed E-state index contributed by atoms with van der Waals surface area (Å²) in [6.45, 7) is 2.04. The molecule has 20 heavy (non-hydrogen) atoms. The Bertz CT molecular complexity index is 705. The number of anilines is 1. The van der Waals surface area contributed by atoms with Crippen molar-refractivity contribution in [1.29, 1.82) is 0 Å². The van der Waals surface area contributed by atoms with Gasteiger partial charge in [-0.05, 0) is 37.5 Å². The molecule has 1 aliphatic rings. The summed E-state index contributed by atoms with van der Waals surface area (Å²) >= 11 is 0. The third-order valence-electron chi connectivity index (χ3n) is 3.74. The third kappa shape index (κ3) is 2.13. The van der Waals surface area contributed by atoms with Crippen LogP contribution in [-0.4, -0.2) is 16.9 Å². The van der Waals surface area contributed by atoms with Crippen LogP contribution < -0.4 is 10.5 Å². The molecule has 0 radical (unpaired) electrons. The second-order valence-corrected chi connectivity index (χ2v) is 5.12. The molecule has 2 aromatic rings. The van der Waals surface area contributed by atoms with Crippen LogP contribution in [0.3, 0.4) is 0 Å². The van der Waals surface area contributed by atoms with Crippen molar-refractivity contribution in [3.63, 3.8) is 0 Å². The first-order valence-electron chi connectivity index (χ1n) is 6.77. The van der Waals surface area contributed by atoms with Crippen molar-refractivity contribution < 1.29 is 4.79 Å². The van der Waals surface area contributed by atoms with Crippen molar-refractivity contribution in [3.8, 4) is 0 Å². The van der Waals surface area contributed by atoms with Gasteiger partial charge in [-0.1, -0.05) is 24.3 Å². The van der Waals surface area contributed by atoms with Crippen LogP contribution >= 0.6 is 0 Å². The first kappa shape index (κ1) is 12.7. The Morgan fingerprint density at radius 1 is 1.20 bits per heavy atom. The molecule has 1 unspecified atom stereocenters. The quantitative estimate of drug-likeness (QED) is 0.863. The van der Waals surface area contributed by atoms with Gasteiger partial charge >= 0.3 is 0 Å². The molecule has 3 rings (SSSR count). The molecular weight excluding hydrogens is 252 g/mol. The number of pyridine rings is 1. The highest BCUT2D eigenvalue weighted by Gasteiger charge is 2.28. The van der Waals surface area contributed by atoms with Gasteiger partial charge < -0.3 is 9.88 Å². The number of hydrogen-bond donors (Lipinski definition) is 1. The summed E-state index contributed by atoms with van der Waals surface area (Å²) in [6, 6.07) is 12.7. The second kappa shape index (κ2) is 4.96. The molecule has 1 amide bonds. The molecule has 0 aliphatic carbocycles. The molecule has 102 valence electrons. The van der Waals surface area contributed by atoms with Gasteiger partial charge in [-0.15, -0.1) is 0 Å². The molecule has 4 nitrogen and oxygen atoms in total. The summed E-state index contributed by atoms with van der Waals surface area (Å²) in [5.41, 5.74) is 2.20. The van der Waals surface area contributed by atoms with E-state index in [-0.39, 0.29) is 17.5 Å². The molecule has 0 spiro atoms. The van der Waals surface area contributed by atoms with E-state index in [0.29, 0.717) is 5.69 Å². The lowest BCUT2D eigenvalue weighted by atomic mass is 9.96. The lowest BCUT2D eigenvalue weighted by molar-refractivity contribution is 0.0970. The molecule has 0 saturated carbocycles. The van der Waals surface area contributed by atoms with E-state index in [1.165, 1.54) is 11.6 Å². The highest BCUT2D eigenvalue weighted by molar-refractivity contribution is 6.05. The number of benzene rings is 1. The zero-order chi connectivity index (χ0) is 14.1. The average molecular weight is 268 g/mol. The van der Waals surface area contributed by atoms with Gasteiger partial charge in [0, 0.05) is 17.8 Å². The summed E-state index contributed by atoms with van der Waals surface area (Å²) in [5.74, 6) is -0.151. The summed E-state index contributed by atoms with van der Waals surface area (Å²) in [4.78, 5) is 28.5. The molecule has 0 saturated heterocycles. The Morgan fingerprint density at radius 3 is 2.80 bits per heavy atom. The number of nitrogens with one attached hydrogen (secondary N) is 1. The first-order chi connectivity index (χ1) is 9.66. The molecule has 1 aliphatic heterocycles. The van der Waals surface area contributed by atoms with Crippen LogP contribution in [0.4, 0.5) is 5.69 Å². The van der Waals surface area contributed by atoms with E-state index in [1.807, 2.05) is 25.1 Å². The number of carbonyl (C=O) groups is 1. The maximum Gasteiger partial charge on any atom is 0.275 e. The Morgan fingerprint density at radius 2 is 2.00 bits per heavy atom. The number of aromatic nitrogens is 1. The van der Waals surface area contributed by atoms with Crippen LogP contribution in [0.25, 0.3) is 0 Å². The molecule has 0 bridgehead atoms. The normalized spacial score (nSPS) is 17.6. The zero-order valence-electron chi connectivity index (χ0n) is 11.3. The van der Waals surface area contributed by atoms with Crippen LogP contribution in [0.1, 0.15) is 29.4 Å². The molecular formula is C16H16N2O2. The molecule has 1 aromatic heterocycles. The van der Waals surface area contributed by atoms with E-state index in [0.717, 1.165) is 18.5 Å². The predicted octanol–water partition coefficient (Wildman–Crippen LogP) is 2.36. The third-order valence-corrected chi connectivity index (χ3v) is 3.74. The summed E-state index contributed by atoms with van der Waals surface area (Å²) in [7, 11) is 0. The monoisotopic (exact) mass is 268 g/mol. The van der Waals surface area contributed by atoms with E-state index in [4.69, 9.17) is 0 Å². The van der Waals surface area contributed by atoms with Gasteiger partial charge in [0.1, 0.15) is 5.69 Å². The van der Waals surface area contributed by atoms with E-state index < -0.39 is 0 Å². The summed E-state index contributed by atoms with van der Waals surface area (Å²) < 4.78 is 0. The number of amides is 1. The van der Waals surface area contributed by atoms with Crippen molar-refractivity contribution >= 4 is 11.6 Å². The highest BCUT2D eigenvalue weighted by Crippen LogP contribution is 2.31. The van der Waals surface area contributed by atoms with E-state index in [9.17, 15) is 9.59 Å². The molecule has 4 heteroatoms. The SMILES string of the molecule is CC1CCc2ccccc2N1C(=O)c1cccc(=O)[nH]1. The lowest BCUT2D eigenvalue weighted by Crippen LogP contribution is -2.42. The van der Waals surface area contributed by atoms with E-state index in [2.05, 4.69) is 11.1 Å². The molecule has 1 atom stereocenters. The smallest absolute Gasteiger partial charge is 0.275 e. The maximum atomic E-state index is 12.7. The summed E-state index contributed by atoms with van der Waals surface area (Å²) in [5, 5.41) is 0. The van der Waals surface area contributed by atoms with E-state index in [1.54, 1.807) is 17.0 Å². The molecule has 1 N–H and O–H groups in total. The fourth-order valence-corrected chi connectivity index (χ4v) is 2.70. The number of para-hydroxylation sites is 1. The standard InChI is InChI=1S/C16H16N2O2/c1-11-9-10-12-5-2-3-7-14(12)18(11)16(20)13-6-4-8-15(19)17-13/h2-8,11H,9-10H2,1H3,(H,17,19). The largest absolute Gasteiger partial charge is 0.318 e. The number of carbonyl (C=O) groups excluding carboxylic acids is 1. The van der Waals surface area contributed by atoms with Gasteiger partial charge in [-0.2, -0.15) is 0 Å². The Kier molecular flexibility index (Phi) is 3.14. The molecule has 0 fully saturated rings. The van der Waals surface area contributed by atoms with Gasteiger partial charge in [0.15, 0.2) is 0 Å². The van der Waals surface area contributed by atoms with Gasteiger partial charge in [0.25, 0.3) is 5.91 Å². The number of H-pyrrole nitrogens is 1. The fourth-order valence-electron chi connectivity index (χ4n) is 2.70. The zero-order valence-corrected chi connectivity index (χ0v) is 11.3. The van der Waals surface area contributed by atoms with Crippen LogP contribution in [0.15, 0.2) is 47.3 Å². The van der Waals surface area contributed by atoms with Gasteiger partial charge in [-0.25, -0.2) is 0 Å². The Hall–Kier alpha value is -2.36. The molecule has 2 heterocycles. The van der Waals surface area contributed by atoms with Crippen molar-refractivity contribution in [2.24, 2.45) is 0 Å². The Balaban J connectivity index is 2.05. The van der Waals surface area contributed by atoms with E-state index >= 15 is 0 Å². The van der Waals surface area contributed by atoms with Crippen LogP contribution in [0.5, 0.6) is 0 Å². The number of aryl methyl sites for hydroxylation is 1. The molecule has 1 aromatic carbocycles. The van der Waals surface area contributed by atoms with Gasteiger partial charge in [-0.3, -0.25) is 9.59 Å². The number of nitrogens with zero attached hydrogens (tertiary/aromatic N) is 1. The van der Waals surface area contributed by atoms with Crippen molar-refractivity contribution in [2.75, 3.05) is 4.90 Å². The van der Waals surface area contributed by atoms with Crippen LogP contribution in [0.2, 0.25) is 0 Å². The van der Waals surface area contributed by atoms with Crippen molar-refractivity contribution in [1.82, 2.24) is 4.98 Å². The number of aromatic amines is 1. The highest BCUT2D eigenvalue weighted by atomic mass is 16.2. The van der Waals surface area contributed by atoms with Crippen LogP contribution in [0, 0.1) is 0 Å². The number of hydrogen-bond acceptors (Lipinski definition) is 2. The van der Waals surface area contributed by atoms with Crippen LogP contribution in [-0.2, 0) is 6.42 Å². The summed E-state index contributed by atoms with van der Waals surface area (Å²) in [6.07, 6.45) is 1.91. The number of fused-ring (bicyclic) bond motifs is 1. The van der Waals surface area contributed by atoms with Gasteiger partial charge in [0.05, 0.1) is 0 Å². The lowest BCUT2D eigenvalue weighted by Gasteiger charge is -2.35. The average Bonchev–Trinajstić information content (AvgIpc) is 2.46. The minimum atomic E-state index is -0.256. The van der Waals surface area contributed by atoms with Gasteiger partial charge in [0.2, 0.25) is 5.56 Å². The predicted molar refractivity (Wildman–Crippen MR) is 78.1 cm³/mol. The topological polar surface area (TPSA) is 53.2 Å². The van der Waals surface area contributed by atoms with Crippen molar-refractivity contribution in [2.45, 2.75) is 25.8 Å². The minimum absolute atomic E-state index is 0.126.